The zero-order valence-electron chi connectivity index (χ0n) is 9.19. The van der Waals surface area contributed by atoms with Gasteiger partial charge in [0, 0.05) is 13.1 Å². The number of aryl methyl sites for hydroxylation is 1. The number of aromatic nitrogens is 2. The lowest BCUT2D eigenvalue weighted by atomic mass is 10.1. The quantitative estimate of drug-likeness (QED) is 0.750. The van der Waals surface area contributed by atoms with Crippen molar-refractivity contribution in [1.82, 2.24) is 9.97 Å². The van der Waals surface area contributed by atoms with E-state index in [0.717, 1.165) is 11.4 Å². The lowest BCUT2D eigenvalue weighted by molar-refractivity contribution is 0.521. The van der Waals surface area contributed by atoms with Crippen molar-refractivity contribution in [3.05, 3.63) is 36.0 Å². The predicted octanol–water partition coefficient (Wildman–Crippen LogP) is 3.17. The molecule has 0 aromatic carbocycles. The maximum Gasteiger partial charge on any atom is 0.191 e. The van der Waals surface area contributed by atoms with Gasteiger partial charge in [-0.05, 0) is 17.5 Å². The van der Waals surface area contributed by atoms with Gasteiger partial charge in [-0.2, -0.15) is 0 Å². The highest BCUT2D eigenvalue weighted by atomic mass is 16.3. The molecule has 15 heavy (non-hydrogen) atoms. The van der Waals surface area contributed by atoms with Crippen LogP contribution < -0.4 is 0 Å². The second-order valence-corrected chi connectivity index (χ2v) is 3.88. The van der Waals surface area contributed by atoms with Gasteiger partial charge in [-0.25, -0.2) is 4.98 Å². The van der Waals surface area contributed by atoms with E-state index in [-0.39, 0.29) is 0 Å². The van der Waals surface area contributed by atoms with E-state index in [9.17, 15) is 0 Å². The van der Waals surface area contributed by atoms with E-state index in [0.29, 0.717) is 11.8 Å². The molecular formula is C12H14N2O. The molecule has 2 heterocycles. The van der Waals surface area contributed by atoms with Crippen LogP contribution in [0, 0.1) is 6.92 Å². The largest absolute Gasteiger partial charge is 0.449 e. The molecule has 0 N–H and O–H groups in total. The number of oxazole rings is 1. The molecule has 0 unspecified atom stereocenters. The van der Waals surface area contributed by atoms with Crippen LogP contribution in [0.5, 0.6) is 0 Å². The maximum absolute atomic E-state index is 5.15. The summed E-state index contributed by atoms with van der Waals surface area (Å²) >= 11 is 0. The molecule has 0 atom stereocenters. The van der Waals surface area contributed by atoms with Gasteiger partial charge in [0.15, 0.2) is 5.89 Å². The highest BCUT2D eigenvalue weighted by molar-refractivity contribution is 5.52. The van der Waals surface area contributed by atoms with Gasteiger partial charge in [-0.3, -0.25) is 4.98 Å². The summed E-state index contributed by atoms with van der Waals surface area (Å²) in [6.45, 7) is 6.12. The third-order valence-corrected chi connectivity index (χ3v) is 2.33. The first-order chi connectivity index (χ1) is 7.16. The minimum absolute atomic E-state index is 0.505. The van der Waals surface area contributed by atoms with E-state index in [1.807, 2.05) is 19.2 Å². The molecule has 0 aliphatic carbocycles. The summed E-state index contributed by atoms with van der Waals surface area (Å²) in [5.74, 6) is 1.17. The van der Waals surface area contributed by atoms with E-state index in [1.165, 1.54) is 5.56 Å². The molecule has 0 saturated heterocycles. The second-order valence-electron chi connectivity index (χ2n) is 3.88. The summed E-state index contributed by atoms with van der Waals surface area (Å²) in [5, 5.41) is 0. The van der Waals surface area contributed by atoms with Crippen LogP contribution in [0.3, 0.4) is 0 Å². The average molecular weight is 202 g/mol. The number of hydrogen-bond acceptors (Lipinski definition) is 3. The third kappa shape index (κ3) is 2.06. The fourth-order valence-corrected chi connectivity index (χ4v) is 1.38. The topological polar surface area (TPSA) is 38.9 Å². The molecule has 3 heteroatoms. The molecule has 0 fully saturated rings. The Kier molecular flexibility index (Phi) is 2.54. The molecule has 2 aromatic heterocycles. The summed E-state index contributed by atoms with van der Waals surface area (Å²) in [6.07, 6.45) is 3.52. The molecule has 0 amide bonds. The minimum Gasteiger partial charge on any atom is -0.449 e. The normalized spacial score (nSPS) is 10.9. The van der Waals surface area contributed by atoms with Crippen LogP contribution >= 0.6 is 0 Å². The van der Waals surface area contributed by atoms with Crippen molar-refractivity contribution in [1.29, 1.82) is 0 Å². The average Bonchev–Trinajstić information content (AvgIpc) is 2.65. The Labute approximate surface area is 89.2 Å². The Morgan fingerprint density at radius 2 is 2.00 bits per heavy atom. The van der Waals surface area contributed by atoms with Crippen LogP contribution in [0.2, 0.25) is 0 Å². The number of nitrogens with zero attached hydrogens (tertiary/aromatic N) is 2. The fraction of sp³-hybridized carbons (Fsp3) is 0.333. The minimum atomic E-state index is 0.505. The predicted molar refractivity (Wildman–Crippen MR) is 58.6 cm³/mol. The fourth-order valence-electron chi connectivity index (χ4n) is 1.38. The lowest BCUT2D eigenvalue weighted by Crippen LogP contribution is -1.90. The number of hydrogen-bond donors (Lipinski definition) is 0. The van der Waals surface area contributed by atoms with Gasteiger partial charge < -0.3 is 4.42 Å². The van der Waals surface area contributed by atoms with Crippen molar-refractivity contribution < 1.29 is 4.42 Å². The Bertz CT molecular complexity index is 443. The molecule has 0 aliphatic heterocycles. The molecule has 0 aliphatic rings. The zero-order chi connectivity index (χ0) is 10.8. The molecule has 2 aromatic rings. The third-order valence-electron chi connectivity index (χ3n) is 2.33. The first-order valence-electron chi connectivity index (χ1n) is 5.05. The molecule has 0 radical (unpaired) electrons. The molecule has 3 nitrogen and oxygen atoms in total. The van der Waals surface area contributed by atoms with Crippen LogP contribution in [0.15, 0.2) is 29.0 Å². The van der Waals surface area contributed by atoms with Crippen LogP contribution in [-0.2, 0) is 0 Å². The van der Waals surface area contributed by atoms with Gasteiger partial charge in [0.25, 0.3) is 0 Å². The van der Waals surface area contributed by atoms with E-state index < -0.39 is 0 Å². The Morgan fingerprint density at radius 3 is 2.47 bits per heavy atom. The van der Waals surface area contributed by atoms with Crippen LogP contribution in [0.25, 0.3) is 11.4 Å². The summed E-state index contributed by atoms with van der Waals surface area (Å²) in [7, 11) is 0. The standard InChI is InChI=1S/C12H14N2O/c1-8(2)10-4-5-11(13-6-10)12-7-15-9(3)14-12/h4-8H,1-3H3. The van der Waals surface area contributed by atoms with Crippen molar-refractivity contribution in [2.75, 3.05) is 0 Å². The van der Waals surface area contributed by atoms with E-state index >= 15 is 0 Å². The van der Waals surface area contributed by atoms with Gasteiger partial charge >= 0.3 is 0 Å². The number of rotatable bonds is 2. The van der Waals surface area contributed by atoms with Gasteiger partial charge in [0.05, 0.1) is 5.69 Å². The van der Waals surface area contributed by atoms with Crippen LogP contribution in [0.1, 0.15) is 31.2 Å². The summed E-state index contributed by atoms with van der Waals surface area (Å²) < 4.78 is 5.15. The van der Waals surface area contributed by atoms with Crippen molar-refractivity contribution in [3.63, 3.8) is 0 Å². The van der Waals surface area contributed by atoms with E-state index in [1.54, 1.807) is 6.26 Å². The van der Waals surface area contributed by atoms with Gasteiger partial charge in [0.1, 0.15) is 12.0 Å². The first-order valence-corrected chi connectivity index (χ1v) is 5.05. The Morgan fingerprint density at radius 1 is 1.20 bits per heavy atom. The van der Waals surface area contributed by atoms with Crippen molar-refractivity contribution in [2.45, 2.75) is 26.7 Å². The highest BCUT2D eigenvalue weighted by Crippen LogP contribution is 2.19. The van der Waals surface area contributed by atoms with E-state index in [4.69, 9.17) is 4.42 Å². The summed E-state index contributed by atoms with van der Waals surface area (Å²) in [6, 6.07) is 4.06. The van der Waals surface area contributed by atoms with Crippen molar-refractivity contribution >= 4 is 0 Å². The molecule has 78 valence electrons. The molecule has 0 saturated carbocycles. The maximum atomic E-state index is 5.15. The van der Waals surface area contributed by atoms with Gasteiger partial charge in [-0.1, -0.05) is 19.9 Å². The van der Waals surface area contributed by atoms with Gasteiger partial charge in [0.2, 0.25) is 0 Å². The smallest absolute Gasteiger partial charge is 0.191 e. The van der Waals surface area contributed by atoms with Crippen molar-refractivity contribution in [2.24, 2.45) is 0 Å². The molecular weight excluding hydrogens is 188 g/mol. The van der Waals surface area contributed by atoms with E-state index in [2.05, 4.69) is 29.9 Å². The SMILES string of the molecule is Cc1nc(-c2ccc(C(C)C)cn2)co1. The molecule has 2 rings (SSSR count). The summed E-state index contributed by atoms with van der Waals surface area (Å²) in [5.41, 5.74) is 2.89. The summed E-state index contributed by atoms with van der Waals surface area (Å²) in [4.78, 5) is 8.59. The Balaban J connectivity index is 2.31. The molecule has 0 spiro atoms. The van der Waals surface area contributed by atoms with Gasteiger partial charge in [-0.15, -0.1) is 0 Å². The van der Waals surface area contributed by atoms with Crippen molar-refractivity contribution in [3.8, 4) is 11.4 Å². The molecule has 0 bridgehead atoms. The van der Waals surface area contributed by atoms with Crippen LogP contribution in [-0.4, -0.2) is 9.97 Å². The number of pyridine rings is 1. The Hall–Kier alpha value is -1.64. The zero-order valence-corrected chi connectivity index (χ0v) is 9.19. The lowest BCUT2D eigenvalue weighted by Gasteiger charge is -2.04. The second kappa shape index (κ2) is 3.85. The first kappa shape index (κ1) is 9.90. The van der Waals surface area contributed by atoms with Crippen LogP contribution in [0.4, 0.5) is 0 Å². The monoisotopic (exact) mass is 202 g/mol. The highest BCUT2D eigenvalue weighted by Gasteiger charge is 2.05.